The number of ether oxygens (including phenoxy) is 2. The van der Waals surface area contributed by atoms with Gasteiger partial charge in [0.2, 0.25) is 0 Å². The topological polar surface area (TPSA) is 77.8 Å². The van der Waals surface area contributed by atoms with E-state index in [1.807, 2.05) is 18.2 Å². The molecule has 146 valence electrons. The average Bonchev–Trinajstić information content (AvgIpc) is 3.09. The predicted molar refractivity (Wildman–Crippen MR) is 106 cm³/mol. The van der Waals surface area contributed by atoms with Gasteiger partial charge in [0.15, 0.2) is 6.10 Å². The number of aryl methyl sites for hydroxylation is 1. The minimum absolute atomic E-state index is 0.0325. The van der Waals surface area contributed by atoms with Crippen molar-refractivity contribution in [1.29, 1.82) is 0 Å². The van der Waals surface area contributed by atoms with Crippen LogP contribution in [0.25, 0.3) is 11.0 Å². The summed E-state index contributed by atoms with van der Waals surface area (Å²) < 4.78 is 16.0. The van der Waals surface area contributed by atoms with Crippen LogP contribution in [0, 0.1) is 0 Å². The van der Waals surface area contributed by atoms with Crippen LogP contribution in [0.5, 0.6) is 5.75 Å². The number of carbonyl (C=O) groups is 2. The molecule has 0 aliphatic heterocycles. The van der Waals surface area contributed by atoms with Crippen LogP contribution in [0.15, 0.2) is 53.1 Å². The standard InChI is InChI=1S/C22H23NO5/c1-4-15-9-10-17-16(13-27-20(17)11-15)12-21(24)28-14(2)22(25)23-18-7-5-6-8-19(18)26-3/h5-11,13-14H,4,12H2,1-3H3,(H,23,25)/t14-/m1/s1. The number of anilines is 1. The SMILES string of the molecule is CCc1ccc2c(CC(=O)O[C@H](C)C(=O)Nc3ccccc3OC)coc2c1. The fourth-order valence-corrected chi connectivity index (χ4v) is 2.91. The molecule has 1 heterocycles. The van der Waals surface area contributed by atoms with E-state index in [9.17, 15) is 9.59 Å². The van der Waals surface area contributed by atoms with Gasteiger partial charge in [0.05, 0.1) is 25.5 Å². The monoisotopic (exact) mass is 381 g/mol. The molecule has 1 atom stereocenters. The van der Waals surface area contributed by atoms with Crippen LogP contribution in [-0.4, -0.2) is 25.1 Å². The van der Waals surface area contributed by atoms with Crippen LogP contribution >= 0.6 is 0 Å². The van der Waals surface area contributed by atoms with Gasteiger partial charge in [0.1, 0.15) is 11.3 Å². The number of furan rings is 1. The van der Waals surface area contributed by atoms with Gasteiger partial charge in [-0.05, 0) is 37.1 Å². The number of rotatable bonds is 7. The lowest BCUT2D eigenvalue weighted by atomic mass is 10.1. The minimum atomic E-state index is -0.942. The smallest absolute Gasteiger partial charge is 0.311 e. The van der Waals surface area contributed by atoms with Gasteiger partial charge in [-0.2, -0.15) is 0 Å². The van der Waals surface area contributed by atoms with E-state index >= 15 is 0 Å². The van der Waals surface area contributed by atoms with Crippen LogP contribution in [0.4, 0.5) is 5.69 Å². The summed E-state index contributed by atoms with van der Waals surface area (Å²) in [6.07, 6.45) is 1.56. The first-order chi connectivity index (χ1) is 13.5. The molecule has 1 aromatic heterocycles. The zero-order chi connectivity index (χ0) is 20.1. The van der Waals surface area contributed by atoms with Crippen molar-refractivity contribution in [2.45, 2.75) is 32.8 Å². The summed E-state index contributed by atoms with van der Waals surface area (Å²) in [5.74, 6) is -0.391. The Balaban J connectivity index is 1.62. The Morgan fingerprint density at radius 2 is 1.96 bits per heavy atom. The molecule has 6 nitrogen and oxygen atoms in total. The third-order valence-corrected chi connectivity index (χ3v) is 4.51. The molecule has 3 rings (SSSR count). The van der Waals surface area contributed by atoms with Gasteiger partial charge < -0.3 is 19.2 Å². The third kappa shape index (κ3) is 4.34. The summed E-state index contributed by atoms with van der Waals surface area (Å²) in [5.41, 5.74) is 3.16. The van der Waals surface area contributed by atoms with E-state index in [-0.39, 0.29) is 6.42 Å². The molecule has 0 saturated carbocycles. The number of esters is 1. The van der Waals surface area contributed by atoms with Gasteiger partial charge in [0.25, 0.3) is 5.91 Å². The maximum atomic E-state index is 12.3. The van der Waals surface area contributed by atoms with E-state index in [1.54, 1.807) is 30.5 Å². The lowest BCUT2D eigenvalue weighted by molar-refractivity contribution is -0.152. The molecule has 2 aromatic carbocycles. The van der Waals surface area contributed by atoms with Gasteiger partial charge in [-0.3, -0.25) is 9.59 Å². The number of amides is 1. The van der Waals surface area contributed by atoms with E-state index in [4.69, 9.17) is 13.9 Å². The van der Waals surface area contributed by atoms with Gasteiger partial charge in [-0.15, -0.1) is 0 Å². The normalized spacial score (nSPS) is 11.8. The molecule has 1 amide bonds. The second-order valence-corrected chi connectivity index (χ2v) is 6.44. The summed E-state index contributed by atoms with van der Waals surface area (Å²) in [6, 6.07) is 13.0. The highest BCUT2D eigenvalue weighted by Gasteiger charge is 2.20. The van der Waals surface area contributed by atoms with Crippen molar-refractivity contribution in [3.05, 3.63) is 59.9 Å². The molecule has 0 bridgehead atoms. The summed E-state index contributed by atoms with van der Waals surface area (Å²) in [5, 5.41) is 3.58. The van der Waals surface area contributed by atoms with Gasteiger partial charge in [-0.25, -0.2) is 0 Å². The molecule has 6 heteroatoms. The van der Waals surface area contributed by atoms with Crippen LogP contribution in [0.3, 0.4) is 0 Å². The Hall–Kier alpha value is -3.28. The first kappa shape index (κ1) is 19.5. The number of fused-ring (bicyclic) bond motifs is 1. The van der Waals surface area contributed by atoms with E-state index < -0.39 is 18.0 Å². The van der Waals surface area contributed by atoms with Crippen molar-refractivity contribution < 1.29 is 23.5 Å². The summed E-state index contributed by atoms with van der Waals surface area (Å²) in [4.78, 5) is 24.6. The zero-order valence-corrected chi connectivity index (χ0v) is 16.2. The number of carbonyl (C=O) groups excluding carboxylic acids is 2. The second-order valence-electron chi connectivity index (χ2n) is 6.44. The van der Waals surface area contributed by atoms with E-state index in [1.165, 1.54) is 14.0 Å². The summed E-state index contributed by atoms with van der Waals surface area (Å²) in [7, 11) is 1.52. The number of hydrogen-bond acceptors (Lipinski definition) is 5. The number of nitrogens with one attached hydrogen (secondary N) is 1. The maximum absolute atomic E-state index is 12.3. The van der Waals surface area contributed by atoms with Crippen molar-refractivity contribution in [2.24, 2.45) is 0 Å². The Morgan fingerprint density at radius 1 is 1.18 bits per heavy atom. The Kier molecular flexibility index (Phi) is 5.99. The van der Waals surface area contributed by atoms with E-state index in [0.29, 0.717) is 11.4 Å². The molecular weight excluding hydrogens is 358 g/mol. The molecule has 28 heavy (non-hydrogen) atoms. The van der Waals surface area contributed by atoms with E-state index in [2.05, 4.69) is 12.2 Å². The highest BCUT2D eigenvalue weighted by Crippen LogP contribution is 2.25. The molecular formula is C22H23NO5. The fourth-order valence-electron chi connectivity index (χ4n) is 2.91. The van der Waals surface area contributed by atoms with Crippen LogP contribution in [-0.2, 0) is 27.2 Å². The molecule has 0 saturated heterocycles. The lowest BCUT2D eigenvalue weighted by Gasteiger charge is -2.15. The average molecular weight is 381 g/mol. The summed E-state index contributed by atoms with van der Waals surface area (Å²) in [6.45, 7) is 3.60. The minimum Gasteiger partial charge on any atom is -0.495 e. The van der Waals surface area contributed by atoms with Gasteiger partial charge >= 0.3 is 5.97 Å². The Labute approximate surface area is 163 Å². The highest BCUT2D eigenvalue weighted by atomic mass is 16.5. The van der Waals surface area contributed by atoms with E-state index in [0.717, 1.165) is 28.5 Å². The molecule has 0 fully saturated rings. The number of para-hydroxylation sites is 2. The first-order valence-electron chi connectivity index (χ1n) is 9.14. The van der Waals surface area contributed by atoms with Crippen molar-refractivity contribution in [1.82, 2.24) is 0 Å². The molecule has 0 radical (unpaired) electrons. The predicted octanol–water partition coefficient (Wildman–Crippen LogP) is 4.12. The molecule has 0 unspecified atom stereocenters. The zero-order valence-electron chi connectivity index (χ0n) is 16.2. The number of methoxy groups -OCH3 is 1. The Morgan fingerprint density at radius 3 is 2.71 bits per heavy atom. The quantitative estimate of drug-likeness (QED) is 0.623. The van der Waals surface area contributed by atoms with Crippen LogP contribution in [0.1, 0.15) is 25.0 Å². The molecule has 0 aliphatic rings. The molecule has 1 N–H and O–H groups in total. The number of hydrogen-bond donors (Lipinski definition) is 1. The maximum Gasteiger partial charge on any atom is 0.311 e. The third-order valence-electron chi connectivity index (χ3n) is 4.51. The van der Waals surface area contributed by atoms with Crippen molar-refractivity contribution in [3.8, 4) is 5.75 Å². The van der Waals surface area contributed by atoms with Gasteiger partial charge in [-0.1, -0.05) is 31.2 Å². The van der Waals surface area contributed by atoms with Crippen molar-refractivity contribution >= 4 is 28.5 Å². The van der Waals surface area contributed by atoms with Gasteiger partial charge in [0, 0.05) is 10.9 Å². The molecule has 0 aliphatic carbocycles. The van der Waals surface area contributed by atoms with Crippen molar-refractivity contribution in [2.75, 3.05) is 12.4 Å². The second kappa shape index (κ2) is 8.61. The largest absolute Gasteiger partial charge is 0.495 e. The Bertz CT molecular complexity index is 992. The van der Waals surface area contributed by atoms with Crippen LogP contribution in [0.2, 0.25) is 0 Å². The lowest BCUT2D eigenvalue weighted by Crippen LogP contribution is -2.30. The molecule has 0 spiro atoms. The first-order valence-corrected chi connectivity index (χ1v) is 9.14. The summed E-state index contributed by atoms with van der Waals surface area (Å²) >= 11 is 0. The fraction of sp³-hybridized carbons (Fsp3) is 0.273. The molecule has 3 aromatic rings. The van der Waals surface area contributed by atoms with Crippen LogP contribution < -0.4 is 10.1 Å². The number of benzene rings is 2. The van der Waals surface area contributed by atoms with Crippen molar-refractivity contribution in [3.63, 3.8) is 0 Å². The highest BCUT2D eigenvalue weighted by molar-refractivity contribution is 5.96.